The fourth-order valence-corrected chi connectivity index (χ4v) is 3.94. The van der Waals surface area contributed by atoms with Crippen molar-refractivity contribution < 1.29 is 0 Å². The molecule has 0 aliphatic rings. The number of halogens is 1. The number of thioether (sulfide) groups is 1. The van der Waals surface area contributed by atoms with E-state index in [1.165, 1.54) is 17.9 Å². The SMILES string of the molecule is CSc1cc(S)c2sc(I)cc2c1. The molecular formula is C9H7IS3. The quantitative estimate of drug-likeness (QED) is 0.453. The molecule has 0 amide bonds. The van der Waals surface area contributed by atoms with Crippen molar-refractivity contribution in [3.8, 4) is 0 Å². The monoisotopic (exact) mass is 338 g/mol. The van der Waals surface area contributed by atoms with Crippen LogP contribution in [-0.2, 0) is 0 Å². The summed E-state index contributed by atoms with van der Waals surface area (Å²) >= 11 is 10.4. The van der Waals surface area contributed by atoms with Crippen molar-refractivity contribution in [2.75, 3.05) is 6.26 Å². The van der Waals surface area contributed by atoms with Gasteiger partial charge in [0.2, 0.25) is 0 Å². The normalized spacial score (nSPS) is 11.0. The molecule has 1 aromatic heterocycles. The van der Waals surface area contributed by atoms with Crippen LogP contribution in [-0.4, -0.2) is 6.26 Å². The first-order valence-electron chi connectivity index (χ1n) is 3.67. The van der Waals surface area contributed by atoms with Crippen LogP contribution in [0.5, 0.6) is 0 Å². The zero-order valence-electron chi connectivity index (χ0n) is 6.87. The maximum atomic E-state index is 4.48. The van der Waals surface area contributed by atoms with Crippen molar-refractivity contribution in [2.45, 2.75) is 9.79 Å². The lowest BCUT2D eigenvalue weighted by atomic mass is 10.3. The predicted octanol–water partition coefficient (Wildman–Crippen LogP) is 4.52. The predicted molar refractivity (Wildman–Crippen MR) is 73.6 cm³/mol. The Morgan fingerprint density at radius 1 is 1.38 bits per heavy atom. The molecule has 0 N–H and O–H groups in total. The summed E-state index contributed by atoms with van der Waals surface area (Å²) in [5, 5.41) is 1.31. The minimum Gasteiger partial charge on any atom is -0.142 e. The fourth-order valence-electron chi connectivity index (χ4n) is 1.19. The second-order valence-corrected chi connectivity index (χ2v) is 6.92. The van der Waals surface area contributed by atoms with E-state index < -0.39 is 0 Å². The number of hydrogen-bond donors (Lipinski definition) is 1. The molecule has 0 bridgehead atoms. The lowest BCUT2D eigenvalue weighted by Gasteiger charge is -1.98. The van der Waals surface area contributed by atoms with E-state index in [2.05, 4.69) is 59.7 Å². The van der Waals surface area contributed by atoms with Crippen molar-refractivity contribution in [1.29, 1.82) is 0 Å². The van der Waals surface area contributed by atoms with Gasteiger partial charge in [0.25, 0.3) is 0 Å². The van der Waals surface area contributed by atoms with Crippen molar-refractivity contribution in [3.05, 3.63) is 21.1 Å². The number of benzene rings is 1. The first-order chi connectivity index (χ1) is 6.20. The van der Waals surface area contributed by atoms with Crippen LogP contribution in [0, 0.1) is 2.88 Å². The summed E-state index contributed by atoms with van der Waals surface area (Å²) in [4.78, 5) is 2.38. The molecule has 1 heterocycles. The summed E-state index contributed by atoms with van der Waals surface area (Å²) in [5.74, 6) is 0. The average molecular weight is 338 g/mol. The lowest BCUT2D eigenvalue weighted by molar-refractivity contribution is 1.42. The fraction of sp³-hybridized carbons (Fsp3) is 0.111. The summed E-state index contributed by atoms with van der Waals surface area (Å²) in [6.07, 6.45) is 2.09. The van der Waals surface area contributed by atoms with Gasteiger partial charge in [0.15, 0.2) is 0 Å². The highest BCUT2D eigenvalue weighted by Crippen LogP contribution is 2.34. The second-order valence-electron chi connectivity index (χ2n) is 2.62. The van der Waals surface area contributed by atoms with E-state index in [-0.39, 0.29) is 0 Å². The molecule has 0 atom stereocenters. The molecule has 0 aliphatic heterocycles. The molecule has 0 nitrogen and oxygen atoms in total. The standard InChI is InChI=1S/C9H7IS3/c1-12-6-2-5-3-8(10)13-9(5)7(11)4-6/h2-4,11H,1H3. The van der Waals surface area contributed by atoms with Gasteiger partial charge in [-0.15, -0.1) is 35.7 Å². The molecule has 0 aliphatic carbocycles. The van der Waals surface area contributed by atoms with E-state index in [4.69, 9.17) is 0 Å². The zero-order chi connectivity index (χ0) is 9.42. The van der Waals surface area contributed by atoms with Crippen LogP contribution < -0.4 is 0 Å². The maximum absolute atomic E-state index is 4.48. The largest absolute Gasteiger partial charge is 0.142 e. The molecular weight excluding hydrogens is 331 g/mol. The molecule has 0 saturated carbocycles. The van der Waals surface area contributed by atoms with Gasteiger partial charge in [-0.05, 0) is 52.4 Å². The topological polar surface area (TPSA) is 0 Å². The molecule has 0 fully saturated rings. The molecule has 2 rings (SSSR count). The Hall–Kier alpha value is 0.610. The molecule has 68 valence electrons. The van der Waals surface area contributed by atoms with Crippen LogP contribution in [0.3, 0.4) is 0 Å². The van der Waals surface area contributed by atoms with Crippen molar-refractivity contribution in [3.63, 3.8) is 0 Å². The summed E-state index contributed by atoms with van der Waals surface area (Å²) in [7, 11) is 0. The third kappa shape index (κ3) is 2.00. The lowest BCUT2D eigenvalue weighted by Crippen LogP contribution is -1.71. The van der Waals surface area contributed by atoms with Gasteiger partial charge < -0.3 is 0 Å². The van der Waals surface area contributed by atoms with Crippen LogP contribution in [0.1, 0.15) is 0 Å². The molecule has 4 heteroatoms. The Balaban J connectivity index is 2.75. The highest BCUT2D eigenvalue weighted by Gasteiger charge is 2.04. The number of fused-ring (bicyclic) bond motifs is 1. The van der Waals surface area contributed by atoms with Gasteiger partial charge in [-0.3, -0.25) is 0 Å². The average Bonchev–Trinajstić information content (AvgIpc) is 2.46. The van der Waals surface area contributed by atoms with Gasteiger partial charge >= 0.3 is 0 Å². The number of hydrogen-bond acceptors (Lipinski definition) is 3. The van der Waals surface area contributed by atoms with E-state index in [9.17, 15) is 0 Å². The van der Waals surface area contributed by atoms with Crippen LogP contribution in [0.25, 0.3) is 10.1 Å². The molecule has 0 unspecified atom stereocenters. The van der Waals surface area contributed by atoms with E-state index in [0.29, 0.717) is 0 Å². The van der Waals surface area contributed by atoms with Gasteiger partial charge in [0.1, 0.15) is 0 Å². The Morgan fingerprint density at radius 2 is 2.15 bits per heavy atom. The third-order valence-corrected chi connectivity index (χ3v) is 4.93. The van der Waals surface area contributed by atoms with E-state index in [1.54, 1.807) is 23.1 Å². The summed E-state index contributed by atoms with van der Waals surface area (Å²) in [5.41, 5.74) is 0. The zero-order valence-corrected chi connectivity index (χ0v) is 11.6. The first kappa shape index (κ1) is 10.1. The Bertz CT molecular complexity index is 447. The summed E-state index contributed by atoms with van der Waals surface area (Å²) in [6, 6.07) is 6.56. The van der Waals surface area contributed by atoms with E-state index in [1.807, 2.05) is 0 Å². The molecule has 13 heavy (non-hydrogen) atoms. The smallest absolute Gasteiger partial charge is 0.0666 e. The van der Waals surface area contributed by atoms with E-state index >= 15 is 0 Å². The summed E-state index contributed by atoms with van der Waals surface area (Å²) < 4.78 is 2.62. The Labute approximate surface area is 105 Å². The molecule has 2 aromatic rings. The Kier molecular flexibility index (Phi) is 3.12. The first-order valence-corrected chi connectivity index (χ1v) is 7.23. The van der Waals surface area contributed by atoms with Crippen molar-refractivity contribution in [1.82, 2.24) is 0 Å². The van der Waals surface area contributed by atoms with E-state index in [0.717, 1.165) is 4.90 Å². The van der Waals surface area contributed by atoms with Gasteiger partial charge in [0, 0.05) is 14.5 Å². The number of rotatable bonds is 1. The number of thiol groups is 1. The molecule has 1 aromatic carbocycles. The van der Waals surface area contributed by atoms with Gasteiger partial charge in [0.05, 0.1) is 2.88 Å². The highest BCUT2D eigenvalue weighted by molar-refractivity contribution is 14.1. The number of thiophene rings is 1. The van der Waals surface area contributed by atoms with Crippen molar-refractivity contribution >= 4 is 68.4 Å². The molecule has 0 spiro atoms. The molecule has 0 saturated heterocycles. The highest BCUT2D eigenvalue weighted by atomic mass is 127. The maximum Gasteiger partial charge on any atom is 0.0666 e. The van der Waals surface area contributed by atoms with Crippen LogP contribution in [0.15, 0.2) is 28.0 Å². The van der Waals surface area contributed by atoms with Gasteiger partial charge in [-0.2, -0.15) is 0 Å². The molecule has 0 radical (unpaired) electrons. The minimum atomic E-state index is 1.09. The van der Waals surface area contributed by atoms with Crippen molar-refractivity contribution in [2.24, 2.45) is 0 Å². The van der Waals surface area contributed by atoms with Crippen LogP contribution in [0.4, 0.5) is 0 Å². The second kappa shape index (κ2) is 4.00. The van der Waals surface area contributed by atoms with Gasteiger partial charge in [-0.25, -0.2) is 0 Å². The van der Waals surface area contributed by atoms with Crippen LogP contribution >= 0.6 is 58.3 Å². The summed E-state index contributed by atoms with van der Waals surface area (Å²) in [6.45, 7) is 0. The minimum absolute atomic E-state index is 1.09. The Morgan fingerprint density at radius 3 is 2.85 bits per heavy atom. The van der Waals surface area contributed by atoms with Crippen LogP contribution in [0.2, 0.25) is 0 Å². The van der Waals surface area contributed by atoms with Gasteiger partial charge in [-0.1, -0.05) is 0 Å². The third-order valence-electron chi connectivity index (χ3n) is 1.78.